The summed E-state index contributed by atoms with van der Waals surface area (Å²) in [5.41, 5.74) is 0. The highest BCUT2D eigenvalue weighted by atomic mass is 16.5. The van der Waals surface area contributed by atoms with E-state index in [1.807, 2.05) is 0 Å². The van der Waals surface area contributed by atoms with Crippen LogP contribution >= 0.6 is 0 Å². The third-order valence-electron chi connectivity index (χ3n) is 1.40. The Hall–Kier alpha value is -0.900. The maximum absolute atomic E-state index is 11.0. The van der Waals surface area contributed by atoms with Gasteiger partial charge in [-0.1, -0.05) is 0 Å². The summed E-state index contributed by atoms with van der Waals surface area (Å²) in [7, 11) is 3.20. The van der Waals surface area contributed by atoms with Crippen molar-refractivity contribution >= 4 is 12.1 Å². The zero-order valence-corrected chi connectivity index (χ0v) is 6.07. The molecule has 0 bridgehead atoms. The lowest BCUT2D eigenvalue weighted by molar-refractivity contribution is -0.131. The highest BCUT2D eigenvalue weighted by Gasteiger charge is 2.24. The lowest BCUT2D eigenvalue weighted by atomic mass is 10.2. The second-order valence-corrected chi connectivity index (χ2v) is 2.19. The van der Waals surface area contributed by atoms with Gasteiger partial charge in [0.1, 0.15) is 5.92 Å². The van der Waals surface area contributed by atoms with E-state index in [1.165, 1.54) is 5.01 Å². The van der Waals surface area contributed by atoms with Gasteiger partial charge in [0.05, 0.1) is 6.61 Å². The number of carbonyl (C=O) groups is 1. The minimum atomic E-state index is -0.171. The average Bonchev–Trinajstić information content (AvgIpc) is 2.20. The first-order valence-corrected chi connectivity index (χ1v) is 3.06. The van der Waals surface area contributed by atoms with Crippen LogP contribution in [-0.2, 0) is 9.53 Å². The van der Waals surface area contributed by atoms with E-state index in [-0.39, 0.29) is 11.8 Å². The molecule has 1 unspecified atom stereocenters. The number of amides is 1. The minimum absolute atomic E-state index is 0.00171. The predicted molar refractivity (Wildman–Crippen MR) is 36.6 cm³/mol. The molecule has 10 heavy (non-hydrogen) atoms. The molecule has 56 valence electrons. The fourth-order valence-electron chi connectivity index (χ4n) is 0.835. The molecular weight excluding hydrogens is 132 g/mol. The highest BCUT2D eigenvalue weighted by Crippen LogP contribution is 2.06. The molecule has 1 heterocycles. The smallest absolute Gasteiger partial charge is 0.253 e. The molecule has 0 aliphatic carbocycles. The lowest BCUT2D eigenvalue weighted by Crippen LogP contribution is -2.25. The van der Waals surface area contributed by atoms with Gasteiger partial charge in [0.25, 0.3) is 5.91 Å². The number of rotatable bonds is 2. The van der Waals surface area contributed by atoms with Crippen LogP contribution in [0.5, 0.6) is 0 Å². The molecule has 1 rings (SSSR count). The van der Waals surface area contributed by atoms with Crippen molar-refractivity contribution in [3.63, 3.8) is 0 Å². The molecule has 1 aliphatic rings. The van der Waals surface area contributed by atoms with Gasteiger partial charge >= 0.3 is 0 Å². The van der Waals surface area contributed by atoms with Crippen LogP contribution in [0.15, 0.2) is 5.10 Å². The SMILES string of the molecule is COCC1C=NN(C)C1=O. The summed E-state index contributed by atoms with van der Waals surface area (Å²) in [6.07, 6.45) is 1.60. The van der Waals surface area contributed by atoms with Gasteiger partial charge in [-0.3, -0.25) is 4.79 Å². The number of carbonyl (C=O) groups excluding carboxylic acids is 1. The molecule has 0 fully saturated rings. The minimum Gasteiger partial charge on any atom is -0.383 e. The van der Waals surface area contributed by atoms with Crippen LogP contribution in [0.4, 0.5) is 0 Å². The fourth-order valence-corrected chi connectivity index (χ4v) is 0.835. The summed E-state index contributed by atoms with van der Waals surface area (Å²) in [5, 5.41) is 5.12. The van der Waals surface area contributed by atoms with E-state index in [2.05, 4.69) is 5.10 Å². The third kappa shape index (κ3) is 1.16. The summed E-state index contributed by atoms with van der Waals surface area (Å²) in [4.78, 5) is 11.0. The topological polar surface area (TPSA) is 41.9 Å². The van der Waals surface area contributed by atoms with Crippen molar-refractivity contribution in [3.8, 4) is 0 Å². The number of ether oxygens (including phenoxy) is 1. The van der Waals surface area contributed by atoms with Gasteiger partial charge in [0, 0.05) is 20.4 Å². The maximum atomic E-state index is 11.0. The zero-order valence-electron chi connectivity index (χ0n) is 6.07. The zero-order chi connectivity index (χ0) is 7.56. The van der Waals surface area contributed by atoms with Crippen LogP contribution in [0.2, 0.25) is 0 Å². The van der Waals surface area contributed by atoms with Gasteiger partial charge in [0.15, 0.2) is 0 Å². The van der Waals surface area contributed by atoms with Crippen molar-refractivity contribution in [3.05, 3.63) is 0 Å². The van der Waals surface area contributed by atoms with Crippen LogP contribution in [0.1, 0.15) is 0 Å². The van der Waals surface area contributed by atoms with Crippen molar-refractivity contribution in [2.45, 2.75) is 0 Å². The summed E-state index contributed by atoms with van der Waals surface area (Å²) >= 11 is 0. The van der Waals surface area contributed by atoms with E-state index < -0.39 is 0 Å². The monoisotopic (exact) mass is 142 g/mol. The van der Waals surface area contributed by atoms with Crippen LogP contribution < -0.4 is 0 Å². The molecule has 0 aromatic rings. The molecule has 0 saturated heterocycles. The number of nitrogens with zero attached hydrogens (tertiary/aromatic N) is 2. The van der Waals surface area contributed by atoms with E-state index in [4.69, 9.17) is 4.74 Å². The molecule has 1 atom stereocenters. The van der Waals surface area contributed by atoms with E-state index in [1.54, 1.807) is 20.4 Å². The Morgan fingerprint density at radius 3 is 3.00 bits per heavy atom. The van der Waals surface area contributed by atoms with E-state index in [0.29, 0.717) is 6.61 Å². The van der Waals surface area contributed by atoms with Crippen LogP contribution in [0.3, 0.4) is 0 Å². The molecular formula is C6H10N2O2. The number of hydrazone groups is 1. The molecule has 0 aromatic heterocycles. The van der Waals surface area contributed by atoms with Crippen molar-refractivity contribution in [2.24, 2.45) is 11.0 Å². The summed E-state index contributed by atoms with van der Waals surface area (Å²) < 4.78 is 4.81. The molecule has 0 radical (unpaired) electrons. The van der Waals surface area contributed by atoms with Crippen molar-refractivity contribution in [1.82, 2.24) is 5.01 Å². The average molecular weight is 142 g/mol. The van der Waals surface area contributed by atoms with Crippen LogP contribution in [0, 0.1) is 5.92 Å². The lowest BCUT2D eigenvalue weighted by Gasteiger charge is -2.06. The standard InChI is InChI=1S/C6H10N2O2/c1-8-6(9)5(3-7-8)4-10-2/h3,5H,4H2,1-2H3. The molecule has 1 amide bonds. The van der Waals surface area contributed by atoms with Gasteiger partial charge in [-0.2, -0.15) is 5.10 Å². The molecule has 4 heteroatoms. The summed E-state index contributed by atoms with van der Waals surface area (Å²) in [6.45, 7) is 0.423. The van der Waals surface area contributed by atoms with Gasteiger partial charge < -0.3 is 4.74 Å². The highest BCUT2D eigenvalue weighted by molar-refractivity contribution is 5.97. The summed E-state index contributed by atoms with van der Waals surface area (Å²) in [5.74, 6) is -0.170. The first-order chi connectivity index (χ1) is 4.75. The number of hydrogen-bond donors (Lipinski definition) is 0. The third-order valence-corrected chi connectivity index (χ3v) is 1.40. The van der Waals surface area contributed by atoms with Crippen molar-refractivity contribution in [2.75, 3.05) is 20.8 Å². The Morgan fingerprint density at radius 1 is 1.90 bits per heavy atom. The second kappa shape index (κ2) is 2.79. The Morgan fingerprint density at radius 2 is 2.60 bits per heavy atom. The van der Waals surface area contributed by atoms with Gasteiger partial charge in [-0.05, 0) is 0 Å². The molecule has 4 nitrogen and oxygen atoms in total. The van der Waals surface area contributed by atoms with E-state index >= 15 is 0 Å². The molecule has 0 N–H and O–H groups in total. The van der Waals surface area contributed by atoms with Crippen molar-refractivity contribution < 1.29 is 9.53 Å². The molecule has 1 aliphatic heterocycles. The van der Waals surface area contributed by atoms with Crippen LogP contribution in [-0.4, -0.2) is 37.9 Å². The first-order valence-electron chi connectivity index (χ1n) is 3.06. The number of methoxy groups -OCH3 is 1. The predicted octanol–water partition coefficient (Wildman–Crippen LogP) is -0.293. The molecule has 0 saturated carbocycles. The Labute approximate surface area is 59.5 Å². The normalized spacial score (nSPS) is 24.4. The summed E-state index contributed by atoms with van der Waals surface area (Å²) in [6, 6.07) is 0. The second-order valence-electron chi connectivity index (χ2n) is 2.19. The van der Waals surface area contributed by atoms with E-state index in [0.717, 1.165) is 0 Å². The quantitative estimate of drug-likeness (QED) is 0.531. The molecule has 0 aromatic carbocycles. The maximum Gasteiger partial charge on any atom is 0.253 e. The largest absolute Gasteiger partial charge is 0.383 e. The Kier molecular flexibility index (Phi) is 2.01. The number of hydrogen-bond acceptors (Lipinski definition) is 3. The first kappa shape index (κ1) is 7.21. The van der Waals surface area contributed by atoms with Crippen molar-refractivity contribution in [1.29, 1.82) is 0 Å². The van der Waals surface area contributed by atoms with E-state index in [9.17, 15) is 4.79 Å². The molecule has 0 spiro atoms. The van der Waals surface area contributed by atoms with Gasteiger partial charge in [-0.25, -0.2) is 5.01 Å². The van der Waals surface area contributed by atoms with Gasteiger partial charge in [-0.15, -0.1) is 0 Å². The van der Waals surface area contributed by atoms with Gasteiger partial charge in [0.2, 0.25) is 0 Å². The van der Waals surface area contributed by atoms with Crippen LogP contribution in [0.25, 0.3) is 0 Å². The Bertz CT molecular complexity index is 167. The Balaban J connectivity index is 2.50. The fraction of sp³-hybridized carbons (Fsp3) is 0.667.